The Balaban J connectivity index is 1.14. The number of hydrogen-bond acceptors (Lipinski definition) is 8. The fraction of sp³-hybridized carbons (Fsp3) is 0.324. The Bertz CT molecular complexity index is 1650. The van der Waals surface area contributed by atoms with Gasteiger partial charge in [0.15, 0.2) is 6.29 Å². The SMILES string of the molecule is CC(=O)NCc1cccc(-c2ccc([C@H]3O[C@@H](CN4CCN(c5ccc([N+](=O)[O-])cc5)CC4)C[C@@H](c4ccc(CO)cc4)O3)cc2)c1. The van der Waals surface area contributed by atoms with Gasteiger partial charge in [-0.15, -0.1) is 0 Å². The van der Waals surface area contributed by atoms with E-state index >= 15 is 0 Å². The number of nitro benzene ring substituents is 1. The van der Waals surface area contributed by atoms with E-state index in [0.717, 1.165) is 71.8 Å². The molecule has 2 N–H and O–H groups in total. The number of nitrogens with one attached hydrogen (secondary N) is 1. The van der Waals surface area contributed by atoms with Gasteiger partial charge in [-0.1, -0.05) is 66.7 Å². The molecule has 6 rings (SSSR count). The summed E-state index contributed by atoms with van der Waals surface area (Å²) in [6, 6.07) is 31.1. The Morgan fingerprint density at radius 2 is 1.57 bits per heavy atom. The molecule has 244 valence electrons. The van der Waals surface area contributed by atoms with Crippen molar-refractivity contribution in [1.82, 2.24) is 10.2 Å². The lowest BCUT2D eigenvalue weighted by Crippen LogP contribution is -2.49. The zero-order chi connectivity index (χ0) is 32.8. The second-order valence-corrected chi connectivity index (χ2v) is 12.1. The largest absolute Gasteiger partial charge is 0.392 e. The van der Waals surface area contributed by atoms with Crippen molar-refractivity contribution < 1.29 is 24.3 Å². The molecule has 0 aliphatic carbocycles. The standard InChI is InChI=1S/C37H40N4O6/c1-26(43)38-23-28-3-2-4-32(21-28)29-9-11-31(12-10-29)37-46-35(22-36(47-37)30-7-5-27(25-42)6-8-30)24-39-17-19-40(20-18-39)33-13-15-34(16-14-33)41(44)45/h2-16,21,35-37,42H,17-20,22-25H2,1H3,(H,38,43)/t35-,36+,37+/m1/s1. The number of amides is 1. The summed E-state index contributed by atoms with van der Waals surface area (Å²) in [5.74, 6) is -0.0577. The Hall–Kier alpha value is -4.61. The molecule has 10 nitrogen and oxygen atoms in total. The molecule has 1 amide bonds. The van der Waals surface area contributed by atoms with Gasteiger partial charge < -0.3 is 24.8 Å². The number of benzene rings is 4. The summed E-state index contributed by atoms with van der Waals surface area (Å²) in [6.45, 7) is 6.11. The van der Waals surface area contributed by atoms with Gasteiger partial charge in [0, 0.05) is 76.0 Å². The minimum Gasteiger partial charge on any atom is -0.392 e. The van der Waals surface area contributed by atoms with Crippen molar-refractivity contribution in [3.8, 4) is 11.1 Å². The van der Waals surface area contributed by atoms with Crippen LogP contribution in [0.3, 0.4) is 0 Å². The highest BCUT2D eigenvalue weighted by atomic mass is 16.7. The van der Waals surface area contributed by atoms with Crippen molar-refractivity contribution in [2.24, 2.45) is 0 Å². The first-order valence-corrected chi connectivity index (χ1v) is 16.0. The summed E-state index contributed by atoms with van der Waals surface area (Å²) in [5, 5.41) is 23.4. The van der Waals surface area contributed by atoms with E-state index in [1.165, 1.54) is 6.92 Å². The number of anilines is 1. The quantitative estimate of drug-likeness (QED) is 0.167. The van der Waals surface area contributed by atoms with Crippen molar-refractivity contribution in [2.45, 2.75) is 45.0 Å². The molecule has 3 atom stereocenters. The third kappa shape index (κ3) is 8.22. The van der Waals surface area contributed by atoms with Crippen molar-refractivity contribution in [3.63, 3.8) is 0 Å². The lowest BCUT2D eigenvalue weighted by Gasteiger charge is -2.41. The smallest absolute Gasteiger partial charge is 0.269 e. The van der Waals surface area contributed by atoms with E-state index in [0.29, 0.717) is 13.0 Å². The first-order chi connectivity index (χ1) is 22.8. The van der Waals surface area contributed by atoms with Gasteiger partial charge in [-0.25, -0.2) is 0 Å². The average molecular weight is 637 g/mol. The molecule has 2 aliphatic heterocycles. The van der Waals surface area contributed by atoms with Gasteiger partial charge in [0.1, 0.15) is 0 Å². The molecule has 0 saturated carbocycles. The zero-order valence-corrected chi connectivity index (χ0v) is 26.5. The summed E-state index contributed by atoms with van der Waals surface area (Å²) < 4.78 is 13.2. The predicted octanol–water partition coefficient (Wildman–Crippen LogP) is 5.76. The Labute approximate surface area is 274 Å². The van der Waals surface area contributed by atoms with E-state index in [4.69, 9.17) is 9.47 Å². The van der Waals surface area contributed by atoms with E-state index in [1.54, 1.807) is 12.1 Å². The summed E-state index contributed by atoms with van der Waals surface area (Å²) >= 11 is 0. The van der Waals surface area contributed by atoms with Crippen molar-refractivity contribution >= 4 is 17.3 Å². The average Bonchev–Trinajstić information content (AvgIpc) is 3.11. The molecule has 10 heteroatoms. The number of nitro groups is 1. The fourth-order valence-corrected chi connectivity index (χ4v) is 6.21. The summed E-state index contributed by atoms with van der Waals surface area (Å²) in [6.07, 6.45) is -0.0698. The molecule has 4 aromatic rings. The maximum atomic E-state index is 11.4. The maximum Gasteiger partial charge on any atom is 0.269 e. The number of non-ortho nitro benzene ring substituents is 1. The number of rotatable bonds is 10. The molecule has 47 heavy (non-hydrogen) atoms. The molecule has 2 aliphatic rings. The van der Waals surface area contributed by atoms with Crippen LogP contribution in [0.5, 0.6) is 0 Å². The minimum atomic E-state index is -0.544. The van der Waals surface area contributed by atoms with Gasteiger partial charge >= 0.3 is 0 Å². The maximum absolute atomic E-state index is 11.4. The topological polar surface area (TPSA) is 117 Å². The molecular formula is C37H40N4O6. The zero-order valence-electron chi connectivity index (χ0n) is 26.5. The fourth-order valence-electron chi connectivity index (χ4n) is 6.21. The molecule has 0 spiro atoms. The van der Waals surface area contributed by atoms with Gasteiger partial charge in [-0.2, -0.15) is 0 Å². The van der Waals surface area contributed by atoms with Gasteiger partial charge in [0.05, 0.1) is 23.7 Å². The van der Waals surface area contributed by atoms with Crippen molar-refractivity contribution in [1.29, 1.82) is 0 Å². The van der Waals surface area contributed by atoms with Gasteiger partial charge in [-0.3, -0.25) is 19.8 Å². The van der Waals surface area contributed by atoms with Crippen LogP contribution in [0, 0.1) is 10.1 Å². The number of aliphatic hydroxyl groups excluding tert-OH is 1. The van der Waals surface area contributed by atoms with Crippen molar-refractivity contribution in [3.05, 3.63) is 129 Å². The number of ether oxygens (including phenoxy) is 2. The number of piperazine rings is 1. The highest BCUT2D eigenvalue weighted by Crippen LogP contribution is 2.39. The van der Waals surface area contributed by atoms with Crippen LogP contribution in [0.4, 0.5) is 11.4 Å². The second kappa shape index (κ2) is 14.9. The normalized spacial score (nSPS) is 20.1. The third-order valence-corrected chi connectivity index (χ3v) is 8.86. The monoisotopic (exact) mass is 636 g/mol. The molecule has 0 unspecified atom stereocenters. The molecule has 2 fully saturated rings. The van der Waals surface area contributed by atoms with E-state index in [2.05, 4.69) is 51.5 Å². The highest BCUT2D eigenvalue weighted by Gasteiger charge is 2.34. The van der Waals surface area contributed by atoms with E-state index in [9.17, 15) is 20.0 Å². The van der Waals surface area contributed by atoms with E-state index in [-0.39, 0.29) is 35.3 Å². The molecule has 0 aromatic heterocycles. The molecular weight excluding hydrogens is 596 g/mol. The first-order valence-electron chi connectivity index (χ1n) is 16.0. The highest BCUT2D eigenvalue weighted by molar-refractivity contribution is 5.73. The first kappa shape index (κ1) is 32.3. The van der Waals surface area contributed by atoms with Crippen LogP contribution in [-0.4, -0.2) is 59.7 Å². The second-order valence-electron chi connectivity index (χ2n) is 12.1. The Morgan fingerprint density at radius 1 is 0.872 bits per heavy atom. The Morgan fingerprint density at radius 3 is 2.23 bits per heavy atom. The van der Waals surface area contributed by atoms with Gasteiger partial charge in [-0.05, 0) is 46.0 Å². The number of hydrogen-bond donors (Lipinski definition) is 2. The van der Waals surface area contributed by atoms with Crippen LogP contribution in [0.1, 0.15) is 48.0 Å². The van der Waals surface area contributed by atoms with Gasteiger partial charge in [0.25, 0.3) is 5.69 Å². The molecule has 2 heterocycles. The number of aliphatic hydroxyl groups is 1. The summed E-state index contributed by atoms with van der Waals surface area (Å²) in [5.41, 5.74) is 7.10. The van der Waals surface area contributed by atoms with Crippen molar-refractivity contribution in [2.75, 3.05) is 37.6 Å². The number of nitrogens with zero attached hydrogens (tertiary/aromatic N) is 3. The van der Waals surface area contributed by atoms with E-state index < -0.39 is 6.29 Å². The number of carbonyl (C=O) groups is 1. The lowest BCUT2D eigenvalue weighted by atomic mass is 9.98. The minimum absolute atomic E-state index is 0.00544. The molecule has 0 radical (unpaired) electrons. The van der Waals surface area contributed by atoms with E-state index in [1.807, 2.05) is 48.5 Å². The predicted molar refractivity (Wildman–Crippen MR) is 180 cm³/mol. The van der Waals surface area contributed by atoms with Crippen LogP contribution < -0.4 is 10.2 Å². The van der Waals surface area contributed by atoms with Gasteiger partial charge in [0.2, 0.25) is 5.91 Å². The van der Waals surface area contributed by atoms with Crippen LogP contribution in [-0.2, 0) is 27.4 Å². The molecule has 4 aromatic carbocycles. The molecule has 0 bridgehead atoms. The number of carbonyl (C=O) groups excluding carboxylic acids is 1. The van der Waals surface area contributed by atoms with Crippen LogP contribution >= 0.6 is 0 Å². The summed E-state index contributed by atoms with van der Waals surface area (Å²) in [4.78, 5) is 26.7. The molecule has 2 saturated heterocycles. The van der Waals surface area contributed by atoms with Crippen LogP contribution in [0.15, 0.2) is 97.1 Å². The van der Waals surface area contributed by atoms with Crippen LogP contribution in [0.25, 0.3) is 11.1 Å². The van der Waals surface area contributed by atoms with Crippen LogP contribution in [0.2, 0.25) is 0 Å². The third-order valence-electron chi connectivity index (χ3n) is 8.86. The lowest BCUT2D eigenvalue weighted by molar-refractivity contribution is -0.384. The Kier molecular flexibility index (Phi) is 10.2. The summed E-state index contributed by atoms with van der Waals surface area (Å²) in [7, 11) is 0.